The van der Waals surface area contributed by atoms with E-state index in [0.717, 1.165) is 24.0 Å². The molecular formula is C14H24BrN3S. The summed E-state index contributed by atoms with van der Waals surface area (Å²) in [5.41, 5.74) is 2.37. The van der Waals surface area contributed by atoms with Crippen molar-refractivity contribution in [3.63, 3.8) is 0 Å². The minimum Gasteiger partial charge on any atom is -0.308 e. The summed E-state index contributed by atoms with van der Waals surface area (Å²) in [6, 6.07) is 0.677. The zero-order chi connectivity index (χ0) is 13.8. The summed E-state index contributed by atoms with van der Waals surface area (Å²) in [7, 11) is 0. The van der Waals surface area contributed by atoms with Crippen molar-refractivity contribution < 1.29 is 0 Å². The van der Waals surface area contributed by atoms with Gasteiger partial charge in [0.1, 0.15) is 0 Å². The number of aryl methyl sites for hydroxylation is 2. The summed E-state index contributed by atoms with van der Waals surface area (Å²) in [4.78, 5) is 0. The summed E-state index contributed by atoms with van der Waals surface area (Å²) in [5, 5.41) is 9.12. The van der Waals surface area contributed by atoms with Crippen LogP contribution in [0.3, 0.4) is 0 Å². The topological polar surface area (TPSA) is 29.9 Å². The van der Waals surface area contributed by atoms with Crippen molar-refractivity contribution in [2.75, 3.05) is 5.75 Å². The summed E-state index contributed by atoms with van der Waals surface area (Å²) in [6.45, 7) is 8.31. The average Bonchev–Trinajstić information content (AvgIpc) is 2.94. The number of nitrogens with zero attached hydrogens (tertiary/aromatic N) is 2. The third-order valence-electron chi connectivity index (χ3n) is 3.80. The third kappa shape index (κ3) is 3.76. The number of aromatic nitrogens is 2. The molecule has 0 radical (unpaired) electrons. The standard InChI is InChI=1S/C14H24BrN3S/c1-4-18-13(14(15)10(3)17-18)9-16-11-6-7-12(8-11)19-5-2/h11-12,16H,4-9H2,1-3H3. The summed E-state index contributed by atoms with van der Waals surface area (Å²) < 4.78 is 3.26. The van der Waals surface area contributed by atoms with E-state index >= 15 is 0 Å². The number of hydrogen-bond acceptors (Lipinski definition) is 3. The van der Waals surface area contributed by atoms with Gasteiger partial charge in [0.25, 0.3) is 0 Å². The average molecular weight is 346 g/mol. The van der Waals surface area contributed by atoms with E-state index in [1.54, 1.807) is 0 Å². The van der Waals surface area contributed by atoms with Crippen molar-refractivity contribution in [2.24, 2.45) is 0 Å². The lowest BCUT2D eigenvalue weighted by molar-refractivity contribution is 0.498. The summed E-state index contributed by atoms with van der Waals surface area (Å²) in [6.07, 6.45) is 3.99. The van der Waals surface area contributed by atoms with Gasteiger partial charge in [0.05, 0.1) is 15.9 Å². The Balaban J connectivity index is 1.89. The van der Waals surface area contributed by atoms with Crippen LogP contribution < -0.4 is 5.32 Å². The molecule has 3 nitrogen and oxygen atoms in total. The Labute approximate surface area is 129 Å². The van der Waals surface area contributed by atoms with Crippen molar-refractivity contribution in [2.45, 2.75) is 64.4 Å². The Morgan fingerprint density at radius 1 is 1.42 bits per heavy atom. The Hall–Kier alpha value is 0. The Bertz CT molecular complexity index is 419. The molecule has 1 N–H and O–H groups in total. The molecule has 1 saturated carbocycles. The number of thioether (sulfide) groups is 1. The van der Waals surface area contributed by atoms with Gasteiger partial charge in [-0.15, -0.1) is 0 Å². The van der Waals surface area contributed by atoms with Crippen LogP contribution in [0.5, 0.6) is 0 Å². The Morgan fingerprint density at radius 3 is 2.89 bits per heavy atom. The molecule has 0 spiro atoms. The highest BCUT2D eigenvalue weighted by atomic mass is 79.9. The van der Waals surface area contributed by atoms with Crippen molar-refractivity contribution in [1.29, 1.82) is 0 Å². The maximum Gasteiger partial charge on any atom is 0.0739 e. The third-order valence-corrected chi connectivity index (χ3v) is 6.06. The minimum absolute atomic E-state index is 0.677. The molecule has 2 unspecified atom stereocenters. The fraction of sp³-hybridized carbons (Fsp3) is 0.786. The van der Waals surface area contributed by atoms with Crippen LogP contribution in [0.15, 0.2) is 4.47 Å². The predicted octanol–water partition coefficient (Wildman–Crippen LogP) is 3.74. The molecule has 19 heavy (non-hydrogen) atoms. The van der Waals surface area contributed by atoms with E-state index in [2.05, 4.69) is 63.6 Å². The van der Waals surface area contributed by atoms with Gasteiger partial charge in [-0.05, 0) is 54.8 Å². The first-order valence-corrected chi connectivity index (χ1v) is 9.06. The van der Waals surface area contributed by atoms with E-state index in [9.17, 15) is 0 Å². The van der Waals surface area contributed by atoms with Gasteiger partial charge < -0.3 is 5.32 Å². The zero-order valence-corrected chi connectivity index (χ0v) is 14.5. The predicted molar refractivity (Wildman–Crippen MR) is 86.7 cm³/mol. The number of nitrogens with one attached hydrogen (secondary N) is 1. The second-order valence-corrected chi connectivity index (χ2v) is 7.50. The SMILES string of the molecule is CCSC1CCC(NCc2c(Br)c(C)nn2CC)C1. The van der Waals surface area contributed by atoms with Gasteiger partial charge in [-0.3, -0.25) is 4.68 Å². The molecule has 0 amide bonds. The Morgan fingerprint density at radius 2 is 2.21 bits per heavy atom. The van der Waals surface area contributed by atoms with E-state index in [1.165, 1.54) is 35.2 Å². The van der Waals surface area contributed by atoms with Crippen LogP contribution in [0.2, 0.25) is 0 Å². The molecule has 1 fully saturated rings. The van der Waals surface area contributed by atoms with Gasteiger partial charge in [0, 0.05) is 24.4 Å². The fourth-order valence-electron chi connectivity index (χ4n) is 2.79. The first-order chi connectivity index (χ1) is 9.15. The monoisotopic (exact) mass is 345 g/mol. The van der Waals surface area contributed by atoms with Gasteiger partial charge in [0.15, 0.2) is 0 Å². The quantitative estimate of drug-likeness (QED) is 0.851. The van der Waals surface area contributed by atoms with Crippen LogP contribution in [-0.2, 0) is 13.1 Å². The highest BCUT2D eigenvalue weighted by Gasteiger charge is 2.24. The highest BCUT2D eigenvalue weighted by molar-refractivity contribution is 9.10. The van der Waals surface area contributed by atoms with Crippen molar-refractivity contribution >= 4 is 27.7 Å². The smallest absolute Gasteiger partial charge is 0.0739 e. The molecule has 0 aliphatic heterocycles. The second kappa shape index (κ2) is 7.14. The maximum atomic E-state index is 4.54. The lowest BCUT2D eigenvalue weighted by atomic mass is 10.2. The maximum absolute atomic E-state index is 4.54. The molecule has 5 heteroatoms. The first kappa shape index (κ1) is 15.4. The summed E-state index contributed by atoms with van der Waals surface area (Å²) in [5.74, 6) is 1.24. The van der Waals surface area contributed by atoms with Crippen LogP contribution >= 0.6 is 27.7 Å². The highest BCUT2D eigenvalue weighted by Crippen LogP contribution is 2.30. The molecule has 108 valence electrons. The number of hydrogen-bond donors (Lipinski definition) is 1. The fourth-order valence-corrected chi connectivity index (χ4v) is 4.36. The summed E-state index contributed by atoms with van der Waals surface area (Å²) >= 11 is 5.77. The van der Waals surface area contributed by atoms with Crippen LogP contribution in [0, 0.1) is 6.92 Å². The van der Waals surface area contributed by atoms with E-state index < -0.39 is 0 Å². The van der Waals surface area contributed by atoms with Crippen LogP contribution in [0.1, 0.15) is 44.5 Å². The van der Waals surface area contributed by atoms with Crippen molar-refractivity contribution in [1.82, 2.24) is 15.1 Å². The molecule has 1 aromatic rings. The lowest BCUT2D eigenvalue weighted by Crippen LogP contribution is -2.27. The molecule has 2 atom stereocenters. The van der Waals surface area contributed by atoms with Crippen LogP contribution in [0.4, 0.5) is 0 Å². The van der Waals surface area contributed by atoms with Gasteiger partial charge in [-0.1, -0.05) is 6.92 Å². The normalized spacial score (nSPS) is 23.2. The van der Waals surface area contributed by atoms with Crippen molar-refractivity contribution in [3.8, 4) is 0 Å². The number of rotatable bonds is 6. The minimum atomic E-state index is 0.677. The van der Waals surface area contributed by atoms with Gasteiger partial charge in [0.2, 0.25) is 0 Å². The molecule has 0 saturated heterocycles. The number of halogens is 1. The molecule has 1 heterocycles. The molecule has 0 bridgehead atoms. The second-order valence-electron chi connectivity index (χ2n) is 5.13. The van der Waals surface area contributed by atoms with Gasteiger partial charge in [-0.25, -0.2) is 0 Å². The van der Waals surface area contributed by atoms with E-state index in [0.29, 0.717) is 6.04 Å². The van der Waals surface area contributed by atoms with Crippen LogP contribution in [-0.4, -0.2) is 26.8 Å². The van der Waals surface area contributed by atoms with Gasteiger partial charge >= 0.3 is 0 Å². The van der Waals surface area contributed by atoms with E-state index in [1.807, 2.05) is 0 Å². The van der Waals surface area contributed by atoms with Crippen molar-refractivity contribution in [3.05, 3.63) is 15.9 Å². The lowest BCUT2D eigenvalue weighted by Gasteiger charge is -2.14. The molecular weight excluding hydrogens is 322 g/mol. The molecule has 1 aliphatic rings. The molecule has 1 aliphatic carbocycles. The van der Waals surface area contributed by atoms with Crippen LogP contribution in [0.25, 0.3) is 0 Å². The Kier molecular flexibility index (Phi) is 5.78. The van der Waals surface area contributed by atoms with Gasteiger partial charge in [-0.2, -0.15) is 16.9 Å². The molecule has 1 aromatic heterocycles. The molecule has 0 aromatic carbocycles. The largest absolute Gasteiger partial charge is 0.308 e. The van der Waals surface area contributed by atoms with E-state index in [-0.39, 0.29) is 0 Å². The zero-order valence-electron chi connectivity index (χ0n) is 12.1. The van der Waals surface area contributed by atoms with E-state index in [4.69, 9.17) is 0 Å². The first-order valence-electron chi connectivity index (χ1n) is 7.22. The molecule has 2 rings (SSSR count).